The Labute approximate surface area is 120 Å². The van der Waals surface area contributed by atoms with E-state index >= 15 is 0 Å². The van der Waals surface area contributed by atoms with Gasteiger partial charge in [0.1, 0.15) is 0 Å². The maximum absolute atomic E-state index is 6.13. The molecule has 2 nitrogen and oxygen atoms in total. The number of nitrogens with two attached hydrogens (primary N) is 1. The molecule has 2 atom stereocenters. The van der Waals surface area contributed by atoms with Crippen molar-refractivity contribution in [3.8, 4) is 0 Å². The van der Waals surface area contributed by atoms with Crippen LogP contribution < -0.4 is 5.73 Å². The van der Waals surface area contributed by atoms with Crippen LogP contribution in [-0.4, -0.2) is 30.6 Å². The zero-order valence-electron chi connectivity index (χ0n) is 13.5. The van der Waals surface area contributed by atoms with E-state index in [9.17, 15) is 0 Å². The van der Waals surface area contributed by atoms with Gasteiger partial charge < -0.3 is 5.73 Å². The van der Waals surface area contributed by atoms with Gasteiger partial charge in [-0.15, -0.1) is 0 Å². The first-order valence-corrected chi connectivity index (χ1v) is 8.36. The Hall–Kier alpha value is -0.0800. The van der Waals surface area contributed by atoms with Crippen LogP contribution in [0.1, 0.15) is 59.8 Å². The van der Waals surface area contributed by atoms with E-state index in [4.69, 9.17) is 5.73 Å². The first-order chi connectivity index (χ1) is 8.91. The molecule has 2 fully saturated rings. The second-order valence-corrected chi connectivity index (χ2v) is 8.17. The molecule has 2 unspecified atom stereocenters. The number of nitrogens with zero attached hydrogens (tertiary/aromatic N) is 1. The van der Waals surface area contributed by atoms with Gasteiger partial charge in [-0.05, 0) is 49.0 Å². The third kappa shape index (κ3) is 3.72. The fourth-order valence-electron chi connectivity index (χ4n) is 4.11. The fourth-order valence-corrected chi connectivity index (χ4v) is 4.11. The Kier molecular flexibility index (Phi) is 4.94. The quantitative estimate of drug-likeness (QED) is 0.847. The maximum Gasteiger partial charge on any atom is 0.0246 e. The van der Waals surface area contributed by atoms with E-state index in [1.807, 2.05) is 0 Å². The van der Waals surface area contributed by atoms with Crippen LogP contribution in [0.2, 0.25) is 0 Å². The van der Waals surface area contributed by atoms with Gasteiger partial charge in [-0.25, -0.2) is 0 Å². The highest BCUT2D eigenvalue weighted by Gasteiger charge is 2.37. The average Bonchev–Trinajstić information content (AvgIpc) is 2.82. The zero-order valence-corrected chi connectivity index (χ0v) is 13.5. The third-order valence-corrected chi connectivity index (χ3v) is 5.76. The number of likely N-dealkylation sites (tertiary alicyclic amines) is 1. The van der Waals surface area contributed by atoms with Crippen LogP contribution in [0.15, 0.2) is 0 Å². The lowest BCUT2D eigenvalue weighted by Gasteiger charge is -2.38. The molecule has 0 bridgehead atoms. The molecule has 0 aromatic heterocycles. The van der Waals surface area contributed by atoms with E-state index in [-0.39, 0.29) is 0 Å². The van der Waals surface area contributed by atoms with Gasteiger partial charge in [-0.3, -0.25) is 4.90 Å². The maximum atomic E-state index is 6.13. The highest BCUT2D eigenvalue weighted by molar-refractivity contribution is 4.91. The summed E-state index contributed by atoms with van der Waals surface area (Å²) < 4.78 is 0. The summed E-state index contributed by atoms with van der Waals surface area (Å²) in [7, 11) is 0. The molecule has 0 spiro atoms. The summed E-state index contributed by atoms with van der Waals surface area (Å²) in [6, 6.07) is 0.653. The van der Waals surface area contributed by atoms with Gasteiger partial charge >= 0.3 is 0 Å². The highest BCUT2D eigenvalue weighted by Crippen LogP contribution is 2.38. The van der Waals surface area contributed by atoms with Gasteiger partial charge in [0.2, 0.25) is 0 Å². The molecular weight excluding hydrogens is 232 g/mol. The molecule has 1 heterocycles. The lowest BCUT2D eigenvalue weighted by atomic mass is 9.78. The fraction of sp³-hybridized carbons (Fsp3) is 1.00. The number of hydrogen-bond acceptors (Lipinski definition) is 2. The molecule has 1 aliphatic carbocycles. The summed E-state index contributed by atoms with van der Waals surface area (Å²) in [5.41, 5.74) is 6.58. The molecule has 0 amide bonds. The van der Waals surface area contributed by atoms with Crippen LogP contribution in [0, 0.1) is 23.2 Å². The minimum Gasteiger partial charge on any atom is -0.329 e. The third-order valence-electron chi connectivity index (χ3n) is 5.76. The molecular formula is C17H34N2. The van der Waals surface area contributed by atoms with Gasteiger partial charge in [-0.2, -0.15) is 0 Å². The highest BCUT2D eigenvalue weighted by atomic mass is 15.2. The van der Waals surface area contributed by atoms with E-state index in [0.717, 1.165) is 24.3 Å². The van der Waals surface area contributed by atoms with E-state index in [1.54, 1.807) is 0 Å². The molecule has 1 saturated carbocycles. The first kappa shape index (κ1) is 15.3. The molecule has 2 aliphatic rings. The molecule has 2 rings (SSSR count). The molecule has 1 saturated heterocycles. The van der Waals surface area contributed by atoms with Crippen molar-refractivity contribution in [2.75, 3.05) is 19.6 Å². The van der Waals surface area contributed by atoms with Gasteiger partial charge in [-0.1, -0.05) is 40.5 Å². The van der Waals surface area contributed by atoms with Crippen molar-refractivity contribution in [1.29, 1.82) is 0 Å². The Balaban J connectivity index is 1.92. The predicted molar refractivity (Wildman–Crippen MR) is 83.1 cm³/mol. The van der Waals surface area contributed by atoms with Crippen molar-refractivity contribution >= 4 is 0 Å². The molecule has 112 valence electrons. The SMILES string of the molecule is CC1CCC(C(CN)N2CCC(C(C)(C)C)C2)CC1. The van der Waals surface area contributed by atoms with E-state index in [0.29, 0.717) is 11.5 Å². The molecule has 2 heteroatoms. The second-order valence-electron chi connectivity index (χ2n) is 8.17. The van der Waals surface area contributed by atoms with Gasteiger partial charge in [0, 0.05) is 19.1 Å². The normalized spacial score (nSPS) is 35.5. The van der Waals surface area contributed by atoms with Gasteiger partial charge in [0.25, 0.3) is 0 Å². The average molecular weight is 266 g/mol. The van der Waals surface area contributed by atoms with E-state index < -0.39 is 0 Å². The molecule has 0 aromatic rings. The van der Waals surface area contributed by atoms with Crippen LogP contribution in [0.4, 0.5) is 0 Å². The van der Waals surface area contributed by atoms with Crippen LogP contribution in [0.3, 0.4) is 0 Å². The smallest absolute Gasteiger partial charge is 0.0246 e. The summed E-state index contributed by atoms with van der Waals surface area (Å²) in [6.07, 6.45) is 7.00. The minimum atomic E-state index is 0.453. The van der Waals surface area contributed by atoms with Crippen LogP contribution >= 0.6 is 0 Å². The van der Waals surface area contributed by atoms with Crippen molar-refractivity contribution < 1.29 is 0 Å². The number of hydrogen-bond donors (Lipinski definition) is 1. The Morgan fingerprint density at radius 1 is 1.11 bits per heavy atom. The minimum absolute atomic E-state index is 0.453. The van der Waals surface area contributed by atoms with Crippen molar-refractivity contribution in [2.45, 2.75) is 65.8 Å². The Bertz CT molecular complexity index is 273. The van der Waals surface area contributed by atoms with E-state index in [1.165, 1.54) is 45.2 Å². The summed E-state index contributed by atoms with van der Waals surface area (Å²) in [4.78, 5) is 2.72. The largest absolute Gasteiger partial charge is 0.329 e. The molecule has 1 aliphatic heterocycles. The predicted octanol–water partition coefficient (Wildman–Crippen LogP) is 3.51. The summed E-state index contributed by atoms with van der Waals surface area (Å²) >= 11 is 0. The summed E-state index contributed by atoms with van der Waals surface area (Å²) in [5.74, 6) is 2.65. The molecule has 2 N–H and O–H groups in total. The summed E-state index contributed by atoms with van der Waals surface area (Å²) in [5, 5.41) is 0. The van der Waals surface area contributed by atoms with Crippen LogP contribution in [0.25, 0.3) is 0 Å². The lowest BCUT2D eigenvalue weighted by molar-refractivity contribution is 0.121. The Morgan fingerprint density at radius 3 is 2.21 bits per heavy atom. The topological polar surface area (TPSA) is 29.3 Å². The standard InChI is InChI=1S/C17H34N2/c1-13-5-7-14(8-6-13)16(11-18)19-10-9-15(12-19)17(2,3)4/h13-16H,5-12,18H2,1-4H3. The molecule has 0 radical (unpaired) electrons. The lowest BCUT2D eigenvalue weighted by Crippen LogP contribution is -2.46. The molecule has 0 aromatic carbocycles. The van der Waals surface area contributed by atoms with Crippen LogP contribution in [-0.2, 0) is 0 Å². The molecule has 19 heavy (non-hydrogen) atoms. The first-order valence-electron chi connectivity index (χ1n) is 8.36. The van der Waals surface area contributed by atoms with Gasteiger partial charge in [0.15, 0.2) is 0 Å². The van der Waals surface area contributed by atoms with Gasteiger partial charge in [0.05, 0.1) is 0 Å². The van der Waals surface area contributed by atoms with Crippen molar-refractivity contribution in [2.24, 2.45) is 28.9 Å². The second kappa shape index (κ2) is 6.13. The van der Waals surface area contributed by atoms with E-state index in [2.05, 4.69) is 32.6 Å². The monoisotopic (exact) mass is 266 g/mol. The van der Waals surface area contributed by atoms with Crippen molar-refractivity contribution in [3.05, 3.63) is 0 Å². The van der Waals surface area contributed by atoms with Crippen LogP contribution in [0.5, 0.6) is 0 Å². The Morgan fingerprint density at radius 2 is 1.74 bits per heavy atom. The number of rotatable bonds is 3. The zero-order chi connectivity index (χ0) is 14.0. The summed E-state index contributed by atoms with van der Waals surface area (Å²) in [6.45, 7) is 13.0. The van der Waals surface area contributed by atoms with Crippen molar-refractivity contribution in [3.63, 3.8) is 0 Å². The van der Waals surface area contributed by atoms with Crippen molar-refractivity contribution in [1.82, 2.24) is 4.90 Å².